The van der Waals surface area contributed by atoms with Gasteiger partial charge in [-0.2, -0.15) is 0 Å². The van der Waals surface area contributed by atoms with E-state index in [4.69, 9.17) is 11.6 Å². The molecule has 1 N–H and O–H groups in total. The molecular formula is C14H16ClNS. The Morgan fingerprint density at radius 3 is 2.65 bits per heavy atom. The topological polar surface area (TPSA) is 12.0 Å². The molecule has 1 nitrogen and oxygen atoms in total. The molecule has 0 spiro atoms. The summed E-state index contributed by atoms with van der Waals surface area (Å²) in [5.41, 5.74) is 3.56. The molecule has 1 aromatic carbocycles. The summed E-state index contributed by atoms with van der Waals surface area (Å²) in [6.07, 6.45) is 0. The molecule has 0 amide bonds. The second-order valence-electron chi connectivity index (χ2n) is 4.25. The lowest BCUT2D eigenvalue weighted by Crippen LogP contribution is -2.07. The molecule has 1 heterocycles. The van der Waals surface area contributed by atoms with Gasteiger partial charge in [-0.3, -0.25) is 0 Å². The van der Waals surface area contributed by atoms with Crippen molar-refractivity contribution in [2.45, 2.75) is 26.8 Å². The summed E-state index contributed by atoms with van der Waals surface area (Å²) in [4.78, 5) is 1.38. The Bertz CT molecular complexity index is 519. The van der Waals surface area contributed by atoms with Crippen molar-refractivity contribution in [2.75, 3.05) is 5.32 Å². The van der Waals surface area contributed by atoms with Crippen LogP contribution in [0.25, 0.3) is 0 Å². The van der Waals surface area contributed by atoms with Crippen molar-refractivity contribution >= 4 is 28.6 Å². The molecule has 0 aliphatic carbocycles. The van der Waals surface area contributed by atoms with Gasteiger partial charge in [-0.25, -0.2) is 0 Å². The van der Waals surface area contributed by atoms with Crippen LogP contribution >= 0.6 is 22.9 Å². The van der Waals surface area contributed by atoms with Crippen molar-refractivity contribution < 1.29 is 0 Å². The first-order valence-electron chi connectivity index (χ1n) is 5.65. The van der Waals surface area contributed by atoms with Gasteiger partial charge >= 0.3 is 0 Å². The quantitative estimate of drug-likeness (QED) is 0.805. The van der Waals surface area contributed by atoms with Crippen LogP contribution in [-0.4, -0.2) is 0 Å². The Morgan fingerprint density at radius 2 is 2.00 bits per heavy atom. The summed E-state index contributed by atoms with van der Waals surface area (Å²) < 4.78 is 0. The van der Waals surface area contributed by atoms with E-state index in [2.05, 4.69) is 36.7 Å². The van der Waals surface area contributed by atoms with Gasteiger partial charge in [0.25, 0.3) is 0 Å². The summed E-state index contributed by atoms with van der Waals surface area (Å²) in [7, 11) is 0. The van der Waals surface area contributed by atoms with Gasteiger partial charge in [-0.05, 0) is 55.5 Å². The molecule has 2 aromatic rings. The van der Waals surface area contributed by atoms with Gasteiger partial charge in [-0.15, -0.1) is 11.3 Å². The number of benzene rings is 1. The van der Waals surface area contributed by atoms with Crippen molar-refractivity contribution in [3.8, 4) is 0 Å². The van der Waals surface area contributed by atoms with Crippen molar-refractivity contribution in [3.05, 3.63) is 50.7 Å². The summed E-state index contributed by atoms with van der Waals surface area (Å²) in [5.74, 6) is 0. The Balaban J connectivity index is 2.22. The van der Waals surface area contributed by atoms with Crippen LogP contribution in [0, 0.1) is 13.8 Å². The first-order valence-corrected chi connectivity index (χ1v) is 6.91. The zero-order valence-corrected chi connectivity index (χ0v) is 11.8. The standard InChI is InChI=1S/C14H16ClNS/c1-9-7-8-17-14(9)11(3)16-13-6-4-5-12(15)10(13)2/h4-8,11,16H,1-3H3. The van der Waals surface area contributed by atoms with E-state index in [1.54, 1.807) is 11.3 Å². The van der Waals surface area contributed by atoms with Crippen molar-refractivity contribution in [2.24, 2.45) is 0 Å². The fourth-order valence-corrected chi connectivity index (χ4v) is 3.00. The molecule has 90 valence electrons. The van der Waals surface area contributed by atoms with Gasteiger partial charge in [0.15, 0.2) is 0 Å². The van der Waals surface area contributed by atoms with Gasteiger partial charge < -0.3 is 5.32 Å². The summed E-state index contributed by atoms with van der Waals surface area (Å²) in [6.45, 7) is 6.37. The molecule has 0 saturated heterocycles. The number of hydrogen-bond donors (Lipinski definition) is 1. The minimum atomic E-state index is 0.312. The van der Waals surface area contributed by atoms with Gasteiger partial charge in [0.05, 0.1) is 6.04 Å². The smallest absolute Gasteiger partial charge is 0.0581 e. The van der Waals surface area contributed by atoms with E-state index in [1.807, 2.05) is 19.1 Å². The Kier molecular flexibility index (Phi) is 3.75. The molecular weight excluding hydrogens is 250 g/mol. The maximum atomic E-state index is 6.12. The number of aryl methyl sites for hydroxylation is 1. The number of hydrogen-bond acceptors (Lipinski definition) is 2. The van der Waals surface area contributed by atoms with E-state index in [-0.39, 0.29) is 0 Å². The van der Waals surface area contributed by atoms with E-state index >= 15 is 0 Å². The van der Waals surface area contributed by atoms with Crippen LogP contribution in [0.3, 0.4) is 0 Å². The highest BCUT2D eigenvalue weighted by molar-refractivity contribution is 7.10. The molecule has 17 heavy (non-hydrogen) atoms. The third-order valence-electron chi connectivity index (χ3n) is 2.93. The lowest BCUT2D eigenvalue weighted by atomic mass is 10.1. The molecule has 0 bridgehead atoms. The third kappa shape index (κ3) is 2.64. The van der Waals surface area contributed by atoms with Crippen LogP contribution in [0.2, 0.25) is 5.02 Å². The molecule has 2 rings (SSSR count). The van der Waals surface area contributed by atoms with E-state index < -0.39 is 0 Å². The second-order valence-corrected chi connectivity index (χ2v) is 5.60. The Labute approximate surface area is 111 Å². The average Bonchev–Trinajstić information content (AvgIpc) is 2.71. The lowest BCUT2D eigenvalue weighted by molar-refractivity contribution is 0.897. The fourth-order valence-electron chi connectivity index (χ4n) is 1.89. The first kappa shape index (κ1) is 12.5. The average molecular weight is 266 g/mol. The van der Waals surface area contributed by atoms with Crippen LogP contribution in [0.4, 0.5) is 5.69 Å². The maximum absolute atomic E-state index is 6.12. The third-order valence-corrected chi connectivity index (χ3v) is 4.55. The monoisotopic (exact) mass is 265 g/mol. The number of halogens is 1. The SMILES string of the molecule is Cc1ccsc1C(C)Nc1cccc(Cl)c1C. The highest BCUT2D eigenvalue weighted by Crippen LogP contribution is 2.30. The van der Waals surface area contributed by atoms with E-state index in [0.717, 1.165) is 16.3 Å². The predicted molar refractivity (Wildman–Crippen MR) is 77.3 cm³/mol. The largest absolute Gasteiger partial charge is 0.377 e. The molecule has 3 heteroatoms. The van der Waals surface area contributed by atoms with Crippen LogP contribution in [0.5, 0.6) is 0 Å². The molecule has 0 saturated carbocycles. The van der Waals surface area contributed by atoms with Gasteiger partial charge in [0.2, 0.25) is 0 Å². The molecule has 1 aromatic heterocycles. The summed E-state index contributed by atoms with van der Waals surface area (Å²) in [5, 5.41) is 6.46. The normalized spacial score (nSPS) is 12.5. The van der Waals surface area contributed by atoms with Crippen LogP contribution < -0.4 is 5.32 Å². The van der Waals surface area contributed by atoms with Gasteiger partial charge in [0, 0.05) is 15.6 Å². The second kappa shape index (κ2) is 5.11. The first-order chi connectivity index (χ1) is 8.09. The molecule has 0 fully saturated rings. The number of anilines is 1. The Hall–Kier alpha value is -0.990. The zero-order valence-electron chi connectivity index (χ0n) is 10.3. The minimum Gasteiger partial charge on any atom is -0.377 e. The number of nitrogens with one attached hydrogen (secondary N) is 1. The maximum Gasteiger partial charge on any atom is 0.0581 e. The van der Waals surface area contributed by atoms with Crippen molar-refractivity contribution in [1.29, 1.82) is 0 Å². The van der Waals surface area contributed by atoms with E-state index in [0.29, 0.717) is 6.04 Å². The van der Waals surface area contributed by atoms with E-state index in [1.165, 1.54) is 10.4 Å². The number of thiophene rings is 1. The molecule has 0 aliphatic heterocycles. The van der Waals surface area contributed by atoms with Crippen molar-refractivity contribution in [1.82, 2.24) is 0 Å². The molecule has 0 aliphatic rings. The predicted octanol–water partition coefficient (Wildman–Crippen LogP) is 5.19. The minimum absolute atomic E-state index is 0.312. The van der Waals surface area contributed by atoms with Crippen LogP contribution in [0.15, 0.2) is 29.6 Å². The highest BCUT2D eigenvalue weighted by Gasteiger charge is 2.11. The summed E-state index contributed by atoms with van der Waals surface area (Å²) in [6, 6.07) is 8.44. The zero-order chi connectivity index (χ0) is 12.4. The van der Waals surface area contributed by atoms with E-state index in [9.17, 15) is 0 Å². The molecule has 1 atom stereocenters. The van der Waals surface area contributed by atoms with Crippen LogP contribution in [0.1, 0.15) is 29.0 Å². The highest BCUT2D eigenvalue weighted by atomic mass is 35.5. The van der Waals surface area contributed by atoms with Gasteiger partial charge in [0.1, 0.15) is 0 Å². The molecule has 1 unspecified atom stereocenters. The lowest BCUT2D eigenvalue weighted by Gasteiger charge is -2.17. The Morgan fingerprint density at radius 1 is 1.24 bits per heavy atom. The number of rotatable bonds is 3. The van der Waals surface area contributed by atoms with Gasteiger partial charge in [-0.1, -0.05) is 17.7 Å². The van der Waals surface area contributed by atoms with Crippen LogP contribution in [-0.2, 0) is 0 Å². The van der Waals surface area contributed by atoms with Crippen molar-refractivity contribution in [3.63, 3.8) is 0 Å². The summed E-state index contributed by atoms with van der Waals surface area (Å²) >= 11 is 7.91. The molecule has 0 radical (unpaired) electrons. The fraction of sp³-hybridized carbons (Fsp3) is 0.286.